The summed E-state index contributed by atoms with van der Waals surface area (Å²) in [5.41, 5.74) is 0. The highest BCUT2D eigenvalue weighted by atomic mass is 16.5. The Bertz CT molecular complexity index is 125. The van der Waals surface area contributed by atoms with E-state index >= 15 is 0 Å². The monoisotopic (exact) mass is 161 g/mol. The highest BCUT2D eigenvalue weighted by Crippen LogP contribution is 1.88. The molecular weight excluding hydrogens is 146 g/mol. The molecule has 4 nitrogen and oxygen atoms in total. The molecule has 0 aromatic heterocycles. The first-order valence-electron chi connectivity index (χ1n) is 3.55. The van der Waals surface area contributed by atoms with Gasteiger partial charge in [-0.1, -0.05) is 13.8 Å². The van der Waals surface area contributed by atoms with Crippen LogP contribution in [-0.2, 0) is 9.53 Å². The van der Waals surface area contributed by atoms with E-state index < -0.39 is 12.0 Å². The third-order valence-electron chi connectivity index (χ3n) is 1.17. The number of carboxylic acid groups (broad SMARTS) is 1. The lowest BCUT2D eigenvalue weighted by molar-refractivity contribution is -0.141. The molecule has 1 unspecified atom stereocenters. The number of hydrogen-bond donors (Lipinski definition) is 2. The molecule has 1 atom stereocenters. The van der Waals surface area contributed by atoms with E-state index in [0.29, 0.717) is 0 Å². The molecular formula is C7H15NO3. The number of rotatable bonds is 5. The van der Waals surface area contributed by atoms with Gasteiger partial charge in [0.15, 0.2) is 0 Å². The average molecular weight is 161 g/mol. The molecule has 0 fully saturated rings. The summed E-state index contributed by atoms with van der Waals surface area (Å²) in [7, 11) is 1.48. The van der Waals surface area contributed by atoms with Crippen LogP contribution in [0.15, 0.2) is 0 Å². The fourth-order valence-corrected chi connectivity index (χ4v) is 0.760. The molecule has 2 N–H and O–H groups in total. The van der Waals surface area contributed by atoms with Crippen LogP contribution in [0.3, 0.4) is 0 Å². The van der Waals surface area contributed by atoms with Gasteiger partial charge in [-0.05, 0) is 0 Å². The van der Waals surface area contributed by atoms with Crippen molar-refractivity contribution in [3.63, 3.8) is 0 Å². The van der Waals surface area contributed by atoms with Crippen LogP contribution in [0.25, 0.3) is 0 Å². The molecule has 66 valence electrons. The topological polar surface area (TPSA) is 58.6 Å². The van der Waals surface area contributed by atoms with Crippen molar-refractivity contribution < 1.29 is 14.6 Å². The molecule has 0 heterocycles. The fraction of sp³-hybridized carbons (Fsp3) is 0.857. The van der Waals surface area contributed by atoms with Gasteiger partial charge in [0.05, 0.1) is 6.61 Å². The summed E-state index contributed by atoms with van der Waals surface area (Å²) in [6, 6.07) is -0.439. The summed E-state index contributed by atoms with van der Waals surface area (Å²) in [4.78, 5) is 10.5. The predicted molar refractivity (Wildman–Crippen MR) is 41.6 cm³/mol. The van der Waals surface area contributed by atoms with Crippen molar-refractivity contribution in [2.24, 2.45) is 0 Å². The largest absolute Gasteiger partial charge is 0.480 e. The maximum absolute atomic E-state index is 10.5. The first-order valence-corrected chi connectivity index (χ1v) is 3.55. The number of ether oxygens (including phenoxy) is 1. The summed E-state index contributed by atoms with van der Waals surface area (Å²) in [6.07, 6.45) is 0. The third kappa shape index (κ3) is 4.75. The minimum atomic E-state index is -0.874. The van der Waals surface area contributed by atoms with Gasteiger partial charge >= 0.3 is 5.97 Å². The lowest BCUT2D eigenvalue weighted by Gasteiger charge is -2.15. The fourth-order valence-electron chi connectivity index (χ4n) is 0.760. The lowest BCUT2D eigenvalue weighted by Crippen LogP contribution is -2.43. The summed E-state index contributed by atoms with van der Waals surface area (Å²) in [5.74, 6) is -0.874. The zero-order valence-electron chi connectivity index (χ0n) is 7.13. The first-order chi connectivity index (χ1) is 5.07. The highest BCUT2D eigenvalue weighted by molar-refractivity contribution is 5.73. The van der Waals surface area contributed by atoms with Crippen molar-refractivity contribution >= 4 is 5.97 Å². The second-order valence-corrected chi connectivity index (χ2v) is 2.67. The van der Waals surface area contributed by atoms with E-state index in [1.165, 1.54) is 7.11 Å². The highest BCUT2D eigenvalue weighted by Gasteiger charge is 2.16. The molecule has 0 saturated heterocycles. The van der Waals surface area contributed by atoms with Crippen molar-refractivity contribution in [1.82, 2.24) is 5.32 Å². The molecule has 0 saturated carbocycles. The Morgan fingerprint density at radius 1 is 1.64 bits per heavy atom. The van der Waals surface area contributed by atoms with Crippen LogP contribution in [0.5, 0.6) is 0 Å². The predicted octanol–water partition coefficient (Wildman–Crippen LogP) is 0.0840. The van der Waals surface area contributed by atoms with Gasteiger partial charge in [-0.15, -0.1) is 0 Å². The third-order valence-corrected chi connectivity index (χ3v) is 1.17. The van der Waals surface area contributed by atoms with Crippen molar-refractivity contribution in [2.45, 2.75) is 25.9 Å². The minimum Gasteiger partial charge on any atom is -0.480 e. The maximum Gasteiger partial charge on any atom is 0.323 e. The number of carboxylic acids is 1. The van der Waals surface area contributed by atoms with E-state index in [9.17, 15) is 4.79 Å². The van der Waals surface area contributed by atoms with Crippen LogP contribution >= 0.6 is 0 Å². The van der Waals surface area contributed by atoms with Crippen LogP contribution in [-0.4, -0.2) is 36.9 Å². The van der Waals surface area contributed by atoms with Gasteiger partial charge in [0.25, 0.3) is 0 Å². The lowest BCUT2D eigenvalue weighted by atomic mass is 10.2. The van der Waals surface area contributed by atoms with Gasteiger partial charge in [-0.25, -0.2) is 0 Å². The van der Waals surface area contributed by atoms with E-state index in [1.54, 1.807) is 0 Å². The molecule has 11 heavy (non-hydrogen) atoms. The number of hydrogen-bond acceptors (Lipinski definition) is 3. The van der Waals surface area contributed by atoms with Gasteiger partial charge in [0.2, 0.25) is 0 Å². The van der Waals surface area contributed by atoms with E-state index in [-0.39, 0.29) is 12.6 Å². The maximum atomic E-state index is 10.5. The minimum absolute atomic E-state index is 0.159. The van der Waals surface area contributed by atoms with Crippen LogP contribution in [0.2, 0.25) is 0 Å². The Hall–Kier alpha value is -0.610. The second-order valence-electron chi connectivity index (χ2n) is 2.67. The standard InChI is InChI=1S/C7H15NO3/c1-5(2)8-6(4-11-3)7(9)10/h5-6,8H,4H2,1-3H3,(H,9,10). The zero-order chi connectivity index (χ0) is 8.85. The Labute approximate surface area is 66.5 Å². The SMILES string of the molecule is COCC(NC(C)C)C(=O)O. The zero-order valence-corrected chi connectivity index (χ0v) is 7.13. The molecule has 0 aliphatic carbocycles. The van der Waals surface area contributed by atoms with Gasteiger partial charge in [0, 0.05) is 13.2 Å². The van der Waals surface area contributed by atoms with Gasteiger partial charge < -0.3 is 15.2 Å². The summed E-state index contributed by atoms with van der Waals surface area (Å²) in [5, 5.41) is 11.5. The average Bonchev–Trinajstić information content (AvgIpc) is 1.86. The second kappa shape index (κ2) is 5.09. The molecule has 0 spiro atoms. The summed E-state index contributed by atoms with van der Waals surface area (Å²) < 4.78 is 4.72. The number of methoxy groups -OCH3 is 1. The summed E-state index contributed by atoms with van der Waals surface area (Å²) >= 11 is 0. The number of aliphatic carboxylic acids is 1. The Morgan fingerprint density at radius 3 is 2.45 bits per heavy atom. The molecule has 0 aliphatic heterocycles. The van der Waals surface area contributed by atoms with Crippen molar-refractivity contribution in [3.8, 4) is 0 Å². The van der Waals surface area contributed by atoms with E-state index in [0.717, 1.165) is 0 Å². The number of carbonyl (C=O) groups is 1. The van der Waals surface area contributed by atoms with Crippen LogP contribution in [0, 0.1) is 0 Å². The van der Waals surface area contributed by atoms with Crippen LogP contribution in [0.4, 0.5) is 0 Å². The molecule has 0 amide bonds. The number of nitrogens with one attached hydrogen (secondary N) is 1. The molecule has 0 aromatic rings. The van der Waals surface area contributed by atoms with E-state index in [2.05, 4.69) is 5.32 Å². The van der Waals surface area contributed by atoms with Crippen molar-refractivity contribution in [1.29, 1.82) is 0 Å². The van der Waals surface area contributed by atoms with Crippen LogP contribution < -0.4 is 5.32 Å². The van der Waals surface area contributed by atoms with Gasteiger partial charge in [0.1, 0.15) is 6.04 Å². The van der Waals surface area contributed by atoms with Crippen molar-refractivity contribution in [3.05, 3.63) is 0 Å². The Morgan fingerprint density at radius 2 is 2.18 bits per heavy atom. The van der Waals surface area contributed by atoms with Crippen molar-refractivity contribution in [2.75, 3.05) is 13.7 Å². The van der Waals surface area contributed by atoms with Gasteiger partial charge in [-0.2, -0.15) is 0 Å². The Kier molecular flexibility index (Phi) is 4.81. The first kappa shape index (κ1) is 10.4. The molecule has 0 aliphatic rings. The van der Waals surface area contributed by atoms with E-state index in [1.807, 2.05) is 13.8 Å². The van der Waals surface area contributed by atoms with E-state index in [4.69, 9.17) is 9.84 Å². The molecule has 0 bridgehead atoms. The molecule has 0 aromatic carbocycles. The van der Waals surface area contributed by atoms with Gasteiger partial charge in [-0.3, -0.25) is 4.79 Å². The molecule has 0 rings (SSSR count). The Balaban J connectivity index is 3.79. The molecule has 4 heteroatoms. The summed E-state index contributed by atoms with van der Waals surface area (Å²) in [6.45, 7) is 3.99. The van der Waals surface area contributed by atoms with Crippen LogP contribution in [0.1, 0.15) is 13.8 Å². The molecule has 0 radical (unpaired) electrons. The normalized spacial score (nSPS) is 13.5. The smallest absolute Gasteiger partial charge is 0.323 e. The quantitative estimate of drug-likeness (QED) is 0.599.